The molecule has 0 aromatic rings. The molecule has 1 saturated heterocycles. The van der Waals surface area contributed by atoms with E-state index in [2.05, 4.69) is 0 Å². The number of hydrogen-bond donors (Lipinski definition) is 1. The molecule has 104 valence electrons. The van der Waals surface area contributed by atoms with Crippen molar-refractivity contribution in [3.8, 4) is 0 Å². The van der Waals surface area contributed by atoms with Gasteiger partial charge < -0.3 is 20.1 Å². The van der Waals surface area contributed by atoms with E-state index in [4.69, 9.17) is 15.2 Å². The molecule has 18 heavy (non-hydrogen) atoms. The molecular formula is C12H22N2O4. The van der Waals surface area contributed by atoms with Crippen LogP contribution in [-0.2, 0) is 14.3 Å². The second kappa shape index (κ2) is 5.56. The molecule has 1 aliphatic heterocycles. The van der Waals surface area contributed by atoms with Gasteiger partial charge in [-0.05, 0) is 27.7 Å². The highest BCUT2D eigenvalue weighted by Gasteiger charge is 2.39. The molecule has 0 aliphatic carbocycles. The zero-order valence-corrected chi connectivity index (χ0v) is 11.4. The van der Waals surface area contributed by atoms with Crippen molar-refractivity contribution in [3.63, 3.8) is 0 Å². The summed E-state index contributed by atoms with van der Waals surface area (Å²) in [6, 6.07) is -0.663. The Bertz CT molecular complexity index is 319. The molecule has 0 radical (unpaired) electrons. The van der Waals surface area contributed by atoms with E-state index in [1.807, 2.05) is 20.8 Å². The number of carbonyl (C=O) groups is 2. The number of nitrogens with zero attached hydrogens (tertiary/aromatic N) is 1. The Morgan fingerprint density at radius 2 is 1.94 bits per heavy atom. The first kappa shape index (κ1) is 14.8. The molecule has 1 atom stereocenters. The molecule has 0 bridgehead atoms. The molecule has 1 fully saturated rings. The third-order valence-electron chi connectivity index (χ3n) is 2.63. The van der Waals surface area contributed by atoms with Gasteiger partial charge >= 0.3 is 12.1 Å². The minimum Gasteiger partial charge on any atom is -0.465 e. The summed E-state index contributed by atoms with van der Waals surface area (Å²) in [6.07, 6.45) is -0.366. The van der Waals surface area contributed by atoms with E-state index in [9.17, 15) is 9.59 Å². The molecule has 1 heterocycles. The van der Waals surface area contributed by atoms with Crippen molar-refractivity contribution in [2.45, 2.75) is 39.3 Å². The van der Waals surface area contributed by atoms with Crippen molar-refractivity contribution < 1.29 is 19.1 Å². The van der Waals surface area contributed by atoms with Crippen LogP contribution in [0.2, 0.25) is 0 Å². The van der Waals surface area contributed by atoms with Gasteiger partial charge in [0.1, 0.15) is 11.6 Å². The van der Waals surface area contributed by atoms with Gasteiger partial charge in [-0.1, -0.05) is 0 Å². The number of amides is 1. The normalized spacial score (nSPS) is 17.9. The van der Waals surface area contributed by atoms with E-state index in [-0.39, 0.29) is 12.0 Å². The van der Waals surface area contributed by atoms with E-state index in [1.54, 1.807) is 6.92 Å². The van der Waals surface area contributed by atoms with E-state index in [1.165, 1.54) is 4.90 Å². The molecule has 1 aliphatic rings. The Balaban J connectivity index is 2.35. The smallest absolute Gasteiger partial charge is 0.410 e. The molecule has 6 nitrogen and oxygen atoms in total. The average molecular weight is 258 g/mol. The highest BCUT2D eigenvalue weighted by molar-refractivity contribution is 5.77. The third-order valence-corrected chi connectivity index (χ3v) is 2.63. The summed E-state index contributed by atoms with van der Waals surface area (Å²) in [4.78, 5) is 24.6. The highest BCUT2D eigenvalue weighted by atomic mass is 16.6. The summed E-state index contributed by atoms with van der Waals surface area (Å²) < 4.78 is 10.0. The molecule has 6 heteroatoms. The third kappa shape index (κ3) is 3.87. The molecule has 0 aromatic carbocycles. The fraction of sp³-hybridized carbons (Fsp3) is 0.833. The SMILES string of the molecule is CCOC(=O)C(N)C1CN(C(=O)OC(C)(C)C)C1. The van der Waals surface area contributed by atoms with Crippen LogP contribution in [0.15, 0.2) is 0 Å². The van der Waals surface area contributed by atoms with E-state index in [0.29, 0.717) is 19.7 Å². The van der Waals surface area contributed by atoms with Crippen LogP contribution in [0.3, 0.4) is 0 Å². The van der Waals surface area contributed by atoms with Gasteiger partial charge in [-0.2, -0.15) is 0 Å². The van der Waals surface area contributed by atoms with E-state index in [0.717, 1.165) is 0 Å². The van der Waals surface area contributed by atoms with Gasteiger partial charge in [0.05, 0.1) is 6.61 Å². The number of carbonyl (C=O) groups excluding carboxylic acids is 2. The molecule has 2 N–H and O–H groups in total. The van der Waals surface area contributed by atoms with Crippen LogP contribution in [0.4, 0.5) is 4.79 Å². The number of ether oxygens (including phenoxy) is 2. The van der Waals surface area contributed by atoms with Crippen molar-refractivity contribution in [1.29, 1.82) is 0 Å². The van der Waals surface area contributed by atoms with Gasteiger partial charge in [0, 0.05) is 19.0 Å². The van der Waals surface area contributed by atoms with Crippen molar-refractivity contribution in [2.24, 2.45) is 11.7 Å². The standard InChI is InChI=1S/C12H22N2O4/c1-5-17-10(15)9(13)8-6-14(7-8)11(16)18-12(2,3)4/h8-9H,5-7,13H2,1-4H3. The number of likely N-dealkylation sites (tertiary alicyclic amines) is 1. The summed E-state index contributed by atoms with van der Waals surface area (Å²) in [6.45, 7) is 8.36. The first-order valence-corrected chi connectivity index (χ1v) is 6.14. The Morgan fingerprint density at radius 1 is 1.39 bits per heavy atom. The number of hydrogen-bond acceptors (Lipinski definition) is 5. The fourth-order valence-electron chi connectivity index (χ4n) is 1.65. The molecule has 1 rings (SSSR count). The number of esters is 1. The maximum Gasteiger partial charge on any atom is 0.410 e. The molecule has 1 amide bonds. The first-order chi connectivity index (χ1) is 8.24. The molecule has 1 unspecified atom stereocenters. The van der Waals surface area contributed by atoms with Crippen molar-refractivity contribution in [1.82, 2.24) is 4.90 Å². The second-order valence-corrected chi connectivity index (χ2v) is 5.42. The van der Waals surface area contributed by atoms with Crippen molar-refractivity contribution >= 4 is 12.1 Å². The topological polar surface area (TPSA) is 81.9 Å². The average Bonchev–Trinajstić information content (AvgIpc) is 2.12. The van der Waals surface area contributed by atoms with Crippen LogP contribution >= 0.6 is 0 Å². The van der Waals surface area contributed by atoms with Crippen LogP contribution in [-0.4, -0.2) is 48.3 Å². The van der Waals surface area contributed by atoms with Crippen molar-refractivity contribution in [2.75, 3.05) is 19.7 Å². The molecule has 0 spiro atoms. The lowest BCUT2D eigenvalue weighted by atomic mass is 9.92. The minimum atomic E-state index is -0.663. The minimum absolute atomic E-state index is 0.0448. The summed E-state index contributed by atoms with van der Waals surface area (Å²) in [5.41, 5.74) is 5.24. The van der Waals surface area contributed by atoms with Crippen LogP contribution < -0.4 is 5.73 Å². The first-order valence-electron chi connectivity index (χ1n) is 6.14. The lowest BCUT2D eigenvalue weighted by Gasteiger charge is -2.41. The lowest BCUT2D eigenvalue weighted by molar-refractivity contribution is -0.147. The summed E-state index contributed by atoms with van der Waals surface area (Å²) in [5.74, 6) is -0.456. The Morgan fingerprint density at radius 3 is 2.39 bits per heavy atom. The molecular weight excluding hydrogens is 236 g/mol. The van der Waals surface area contributed by atoms with E-state index >= 15 is 0 Å². The van der Waals surface area contributed by atoms with Crippen LogP contribution in [0.25, 0.3) is 0 Å². The highest BCUT2D eigenvalue weighted by Crippen LogP contribution is 2.21. The zero-order valence-electron chi connectivity index (χ0n) is 11.4. The second-order valence-electron chi connectivity index (χ2n) is 5.42. The fourth-order valence-corrected chi connectivity index (χ4v) is 1.65. The van der Waals surface area contributed by atoms with Gasteiger partial charge in [-0.25, -0.2) is 4.79 Å². The number of rotatable bonds is 3. The maximum atomic E-state index is 11.7. The molecule has 0 saturated carbocycles. The van der Waals surface area contributed by atoms with Gasteiger partial charge in [0.15, 0.2) is 0 Å². The zero-order chi connectivity index (χ0) is 13.9. The maximum absolute atomic E-state index is 11.7. The Hall–Kier alpha value is -1.30. The summed E-state index contributed by atoms with van der Waals surface area (Å²) in [5, 5.41) is 0. The Labute approximate surface area is 107 Å². The van der Waals surface area contributed by atoms with E-state index < -0.39 is 17.6 Å². The number of nitrogens with two attached hydrogens (primary N) is 1. The van der Waals surface area contributed by atoms with Gasteiger partial charge in [0.2, 0.25) is 0 Å². The van der Waals surface area contributed by atoms with Crippen LogP contribution in [0, 0.1) is 5.92 Å². The Kier molecular flexibility index (Phi) is 4.56. The predicted molar refractivity (Wildman–Crippen MR) is 65.9 cm³/mol. The van der Waals surface area contributed by atoms with Crippen molar-refractivity contribution in [3.05, 3.63) is 0 Å². The van der Waals surface area contributed by atoms with Gasteiger partial charge in [0.25, 0.3) is 0 Å². The van der Waals surface area contributed by atoms with Crippen LogP contribution in [0.1, 0.15) is 27.7 Å². The van der Waals surface area contributed by atoms with Crippen LogP contribution in [0.5, 0.6) is 0 Å². The predicted octanol–water partition coefficient (Wildman–Crippen LogP) is 0.744. The molecule has 0 aromatic heterocycles. The summed E-state index contributed by atoms with van der Waals surface area (Å²) >= 11 is 0. The monoisotopic (exact) mass is 258 g/mol. The van der Waals surface area contributed by atoms with Gasteiger partial charge in [-0.3, -0.25) is 4.79 Å². The summed E-state index contributed by atoms with van der Waals surface area (Å²) in [7, 11) is 0. The van der Waals surface area contributed by atoms with Gasteiger partial charge in [-0.15, -0.1) is 0 Å². The quantitative estimate of drug-likeness (QED) is 0.755. The largest absolute Gasteiger partial charge is 0.465 e. The lowest BCUT2D eigenvalue weighted by Crippen LogP contribution is -2.59.